The van der Waals surface area contributed by atoms with Gasteiger partial charge in [-0.2, -0.15) is 0 Å². The largest absolute Gasteiger partial charge is 0.493 e. The molecule has 3 rings (SSSR count). The van der Waals surface area contributed by atoms with Crippen molar-refractivity contribution in [1.29, 1.82) is 0 Å². The highest BCUT2D eigenvalue weighted by atomic mass is 19.1. The number of halogens is 1. The lowest BCUT2D eigenvalue weighted by Gasteiger charge is -2.27. The van der Waals surface area contributed by atoms with Gasteiger partial charge in [0.1, 0.15) is 11.6 Å². The molecule has 0 unspecified atom stereocenters. The summed E-state index contributed by atoms with van der Waals surface area (Å²) < 4.78 is 18.9. The molecular formula is C17H16FNO3. The van der Waals surface area contributed by atoms with Crippen LogP contribution in [0.2, 0.25) is 0 Å². The maximum Gasteiger partial charge on any atom is 0.253 e. The minimum absolute atomic E-state index is 0.370. The van der Waals surface area contributed by atoms with Crippen LogP contribution in [-0.4, -0.2) is 17.6 Å². The number of aliphatic hydroxyl groups excluding tert-OH is 1. The first-order valence-electron chi connectivity index (χ1n) is 7.11. The van der Waals surface area contributed by atoms with E-state index in [0.717, 1.165) is 0 Å². The number of ether oxygens (including phenoxy) is 1. The summed E-state index contributed by atoms with van der Waals surface area (Å²) in [7, 11) is 0. The van der Waals surface area contributed by atoms with Gasteiger partial charge in [0.2, 0.25) is 0 Å². The molecule has 0 radical (unpaired) electrons. The first-order valence-corrected chi connectivity index (χ1v) is 7.11. The molecule has 2 aromatic rings. The zero-order valence-electron chi connectivity index (χ0n) is 11.8. The molecule has 1 aliphatic rings. The molecule has 0 saturated carbocycles. The number of fused-ring (bicyclic) bond motifs is 1. The van der Waals surface area contributed by atoms with Crippen LogP contribution >= 0.6 is 0 Å². The summed E-state index contributed by atoms with van der Waals surface area (Å²) in [4.78, 5) is 12.2. The van der Waals surface area contributed by atoms with Crippen LogP contribution in [0.15, 0.2) is 48.5 Å². The van der Waals surface area contributed by atoms with Crippen molar-refractivity contribution in [3.8, 4) is 5.75 Å². The molecule has 114 valence electrons. The van der Waals surface area contributed by atoms with Gasteiger partial charge in [0, 0.05) is 12.0 Å². The Bertz CT molecular complexity index is 675. The number of amides is 1. The second-order valence-electron chi connectivity index (χ2n) is 5.19. The fourth-order valence-electron chi connectivity index (χ4n) is 2.55. The van der Waals surface area contributed by atoms with Crippen molar-refractivity contribution in [3.63, 3.8) is 0 Å². The van der Waals surface area contributed by atoms with E-state index in [9.17, 15) is 14.3 Å². The van der Waals surface area contributed by atoms with E-state index >= 15 is 0 Å². The molecule has 2 atom stereocenters. The normalized spacial score (nSPS) is 18.0. The van der Waals surface area contributed by atoms with Gasteiger partial charge in [0.05, 0.1) is 12.6 Å². The van der Waals surface area contributed by atoms with Crippen LogP contribution in [0.25, 0.3) is 0 Å². The molecule has 1 amide bonds. The van der Waals surface area contributed by atoms with Crippen molar-refractivity contribution < 1.29 is 19.0 Å². The fraction of sp³-hybridized carbons (Fsp3) is 0.235. The monoisotopic (exact) mass is 301 g/mol. The van der Waals surface area contributed by atoms with E-state index < -0.39 is 12.0 Å². The van der Waals surface area contributed by atoms with E-state index in [4.69, 9.17) is 4.74 Å². The van der Waals surface area contributed by atoms with Gasteiger partial charge in [-0.05, 0) is 23.8 Å². The van der Waals surface area contributed by atoms with Crippen molar-refractivity contribution in [2.45, 2.75) is 18.6 Å². The summed E-state index contributed by atoms with van der Waals surface area (Å²) in [5, 5.41) is 12.9. The van der Waals surface area contributed by atoms with Gasteiger partial charge in [-0.25, -0.2) is 4.39 Å². The molecule has 0 spiro atoms. The number of carbonyl (C=O) groups excluding carboxylic acids is 1. The van der Waals surface area contributed by atoms with E-state index in [1.807, 2.05) is 6.07 Å². The van der Waals surface area contributed by atoms with E-state index in [0.29, 0.717) is 29.9 Å². The first kappa shape index (κ1) is 14.5. The molecular weight excluding hydrogens is 285 g/mol. The zero-order valence-corrected chi connectivity index (χ0v) is 11.8. The molecule has 2 N–H and O–H groups in total. The Morgan fingerprint density at radius 3 is 2.82 bits per heavy atom. The third kappa shape index (κ3) is 2.94. The van der Waals surface area contributed by atoms with Gasteiger partial charge in [0.15, 0.2) is 6.10 Å². The fourth-order valence-corrected chi connectivity index (χ4v) is 2.55. The summed E-state index contributed by atoms with van der Waals surface area (Å²) in [5.74, 6) is -0.326. The van der Waals surface area contributed by atoms with Crippen LogP contribution in [0.5, 0.6) is 5.75 Å². The molecule has 22 heavy (non-hydrogen) atoms. The molecule has 0 aliphatic carbocycles. The molecule has 0 aromatic heterocycles. The number of rotatable bonds is 3. The Balaban J connectivity index is 1.77. The molecule has 0 saturated heterocycles. The highest BCUT2D eigenvalue weighted by Crippen LogP contribution is 2.32. The first-order chi connectivity index (χ1) is 10.6. The second kappa shape index (κ2) is 6.15. The minimum Gasteiger partial charge on any atom is -0.493 e. The molecule has 1 aliphatic heterocycles. The topological polar surface area (TPSA) is 58.6 Å². The number of nitrogens with one attached hydrogen (secondary N) is 1. The highest BCUT2D eigenvalue weighted by molar-refractivity contribution is 5.82. The Hall–Kier alpha value is -2.40. The lowest BCUT2D eigenvalue weighted by molar-refractivity contribution is -0.130. The highest BCUT2D eigenvalue weighted by Gasteiger charge is 2.26. The quantitative estimate of drug-likeness (QED) is 0.916. The van der Waals surface area contributed by atoms with Crippen LogP contribution in [-0.2, 0) is 4.79 Å². The standard InChI is InChI=1S/C17H16FNO3/c18-12-6-7-15-13(10-12)14(8-9-22-15)19-17(21)16(20)11-4-2-1-3-5-11/h1-7,10,14,16,20H,8-9H2,(H,19,21)/t14-,16-/m0/s1. The van der Waals surface area contributed by atoms with E-state index in [1.165, 1.54) is 12.1 Å². The number of benzene rings is 2. The third-order valence-corrected chi connectivity index (χ3v) is 3.69. The van der Waals surface area contributed by atoms with Crippen molar-refractivity contribution in [1.82, 2.24) is 5.32 Å². The average molecular weight is 301 g/mol. The summed E-state index contributed by atoms with van der Waals surface area (Å²) in [5.41, 5.74) is 1.12. The maximum absolute atomic E-state index is 13.4. The Kier molecular flexibility index (Phi) is 4.06. The van der Waals surface area contributed by atoms with Gasteiger partial charge in [-0.3, -0.25) is 4.79 Å². The van der Waals surface area contributed by atoms with Gasteiger partial charge in [0.25, 0.3) is 5.91 Å². The van der Waals surface area contributed by atoms with Gasteiger partial charge in [-0.1, -0.05) is 30.3 Å². The summed E-state index contributed by atoms with van der Waals surface area (Å²) >= 11 is 0. The van der Waals surface area contributed by atoms with Crippen molar-refractivity contribution >= 4 is 5.91 Å². The molecule has 5 heteroatoms. The van der Waals surface area contributed by atoms with Gasteiger partial charge < -0.3 is 15.2 Å². The molecule has 4 nitrogen and oxygen atoms in total. The second-order valence-corrected chi connectivity index (χ2v) is 5.19. The van der Waals surface area contributed by atoms with Crippen LogP contribution < -0.4 is 10.1 Å². The predicted molar refractivity (Wildman–Crippen MR) is 78.8 cm³/mol. The summed E-state index contributed by atoms with van der Waals surface area (Å²) in [6.07, 6.45) is -0.718. The third-order valence-electron chi connectivity index (χ3n) is 3.69. The number of hydrogen-bond donors (Lipinski definition) is 2. The van der Waals surface area contributed by atoms with E-state index in [1.54, 1.807) is 30.3 Å². The van der Waals surface area contributed by atoms with Crippen LogP contribution in [0.4, 0.5) is 4.39 Å². The number of hydrogen-bond acceptors (Lipinski definition) is 3. The minimum atomic E-state index is -1.25. The smallest absolute Gasteiger partial charge is 0.253 e. The predicted octanol–water partition coefficient (Wildman–Crippen LogP) is 2.50. The molecule has 1 heterocycles. The lowest BCUT2D eigenvalue weighted by atomic mass is 9.99. The summed E-state index contributed by atoms with van der Waals surface area (Å²) in [6, 6.07) is 12.5. The van der Waals surface area contributed by atoms with Crippen molar-refractivity contribution in [2.75, 3.05) is 6.61 Å². The lowest BCUT2D eigenvalue weighted by Crippen LogP contribution is -2.35. The molecule has 0 fully saturated rings. The SMILES string of the molecule is O=C(N[C@H]1CCOc2ccc(F)cc21)[C@@H](O)c1ccccc1. The van der Waals surface area contributed by atoms with E-state index in [-0.39, 0.29) is 11.9 Å². The van der Waals surface area contributed by atoms with Crippen molar-refractivity contribution in [3.05, 3.63) is 65.5 Å². The maximum atomic E-state index is 13.4. The molecule has 0 bridgehead atoms. The average Bonchev–Trinajstić information content (AvgIpc) is 2.55. The van der Waals surface area contributed by atoms with Gasteiger partial charge >= 0.3 is 0 Å². The summed E-state index contributed by atoms with van der Waals surface area (Å²) in [6.45, 7) is 0.436. The zero-order chi connectivity index (χ0) is 15.5. The van der Waals surface area contributed by atoms with Crippen LogP contribution in [0.3, 0.4) is 0 Å². The Morgan fingerprint density at radius 2 is 2.05 bits per heavy atom. The van der Waals surface area contributed by atoms with Crippen LogP contribution in [0.1, 0.15) is 29.7 Å². The Morgan fingerprint density at radius 1 is 1.27 bits per heavy atom. The van der Waals surface area contributed by atoms with Gasteiger partial charge in [-0.15, -0.1) is 0 Å². The number of carbonyl (C=O) groups is 1. The van der Waals surface area contributed by atoms with E-state index in [2.05, 4.69) is 5.32 Å². The van der Waals surface area contributed by atoms with Crippen molar-refractivity contribution in [2.24, 2.45) is 0 Å². The van der Waals surface area contributed by atoms with Crippen LogP contribution in [0, 0.1) is 5.82 Å². The Labute approximate surface area is 127 Å². The molecule has 2 aromatic carbocycles. The number of aliphatic hydroxyl groups is 1.